The van der Waals surface area contributed by atoms with Gasteiger partial charge in [0.15, 0.2) is 5.13 Å². The van der Waals surface area contributed by atoms with Crippen molar-refractivity contribution in [2.75, 3.05) is 36.9 Å². The maximum atomic E-state index is 12.0. The van der Waals surface area contributed by atoms with Gasteiger partial charge in [-0.1, -0.05) is 30.8 Å². The van der Waals surface area contributed by atoms with E-state index in [0.717, 1.165) is 73.2 Å². The third-order valence-corrected chi connectivity index (χ3v) is 7.16. The molecule has 0 radical (unpaired) electrons. The fourth-order valence-corrected chi connectivity index (χ4v) is 5.33. The quantitative estimate of drug-likeness (QED) is 0.406. The van der Waals surface area contributed by atoms with Gasteiger partial charge in [-0.2, -0.15) is 4.98 Å². The number of nitrogens with zero attached hydrogens (tertiary/aromatic N) is 5. The highest BCUT2D eigenvalue weighted by Crippen LogP contribution is 2.27. The van der Waals surface area contributed by atoms with Gasteiger partial charge in [-0.3, -0.25) is 9.69 Å². The summed E-state index contributed by atoms with van der Waals surface area (Å²) in [7, 11) is 0. The Balaban J connectivity index is 1.39. The summed E-state index contributed by atoms with van der Waals surface area (Å²) < 4.78 is 5.49. The van der Waals surface area contributed by atoms with Crippen molar-refractivity contribution in [2.24, 2.45) is 0 Å². The van der Waals surface area contributed by atoms with Gasteiger partial charge in [0.1, 0.15) is 16.2 Å². The molecule has 1 aliphatic heterocycles. The second-order valence-corrected chi connectivity index (χ2v) is 9.76. The number of aromatic nitrogens is 4. The van der Waals surface area contributed by atoms with Crippen molar-refractivity contribution in [3.8, 4) is 0 Å². The summed E-state index contributed by atoms with van der Waals surface area (Å²) in [5.74, 6) is 1.06. The van der Waals surface area contributed by atoms with Gasteiger partial charge in [0, 0.05) is 44.0 Å². The maximum Gasteiger partial charge on any atom is 0.243 e. The Hall–Kier alpha value is -3.15. The van der Waals surface area contributed by atoms with Crippen molar-refractivity contribution in [1.29, 1.82) is 0 Å². The van der Waals surface area contributed by atoms with Crippen LogP contribution < -0.4 is 16.0 Å². The summed E-state index contributed by atoms with van der Waals surface area (Å²) in [4.78, 5) is 33.8. The second-order valence-electron chi connectivity index (χ2n) is 8.78. The molecule has 35 heavy (non-hydrogen) atoms. The first-order chi connectivity index (χ1) is 17.2. The maximum absolute atomic E-state index is 12.0. The fraction of sp³-hybridized carbons (Fsp3) is 0.458. The van der Waals surface area contributed by atoms with Crippen molar-refractivity contribution in [1.82, 2.24) is 30.2 Å². The molecule has 0 aromatic carbocycles. The van der Waals surface area contributed by atoms with E-state index in [1.807, 2.05) is 18.2 Å². The molecular weight excluding hydrogens is 464 g/mol. The normalized spacial score (nSPS) is 20.9. The largest absolute Gasteiger partial charge is 0.379 e. The molecule has 1 amide bonds. The smallest absolute Gasteiger partial charge is 0.243 e. The van der Waals surface area contributed by atoms with Crippen LogP contribution in [0.25, 0.3) is 10.3 Å². The Bertz CT molecular complexity index is 1150. The summed E-state index contributed by atoms with van der Waals surface area (Å²) in [6, 6.07) is 5.85. The summed E-state index contributed by atoms with van der Waals surface area (Å²) in [5.41, 5.74) is 1.76. The van der Waals surface area contributed by atoms with Crippen molar-refractivity contribution in [2.45, 2.75) is 44.3 Å². The van der Waals surface area contributed by atoms with Crippen LogP contribution in [0.4, 0.5) is 16.9 Å². The van der Waals surface area contributed by atoms with Gasteiger partial charge in [-0.05, 0) is 31.1 Å². The van der Waals surface area contributed by atoms with Crippen LogP contribution in [0.5, 0.6) is 0 Å². The predicted molar refractivity (Wildman–Crippen MR) is 137 cm³/mol. The number of fused-ring (bicyclic) bond motifs is 1. The molecule has 3 aromatic heterocycles. The standard InChI is InChI=1S/C24H30N8O2S/c1-2-21(33)27-17-6-3-4-7-18(17)28-23-26-16(15-32-10-12-34-13-11-32)14-20(30-23)31-24-29-19-8-5-9-25-22(19)35-24/h2,5,8-9,14,17-18H,1,3-4,6-7,10-13,15H2,(H,27,33)(H2,26,28,29,30,31)/t17-,18+/m1/s1. The molecule has 2 fully saturated rings. The Labute approximate surface area is 208 Å². The van der Waals surface area contributed by atoms with Gasteiger partial charge in [-0.25, -0.2) is 15.0 Å². The lowest BCUT2D eigenvalue weighted by atomic mass is 9.90. The third-order valence-electron chi connectivity index (χ3n) is 6.26. The predicted octanol–water partition coefficient (Wildman–Crippen LogP) is 3.08. The molecule has 0 bridgehead atoms. The van der Waals surface area contributed by atoms with Gasteiger partial charge in [-0.15, -0.1) is 0 Å². The van der Waals surface area contributed by atoms with Gasteiger partial charge < -0.3 is 20.7 Å². The minimum absolute atomic E-state index is 0.00694. The lowest BCUT2D eigenvalue weighted by molar-refractivity contribution is -0.117. The molecule has 1 saturated heterocycles. The number of amides is 1. The molecule has 11 heteroatoms. The van der Waals surface area contributed by atoms with Crippen LogP contribution in [0.15, 0.2) is 37.1 Å². The van der Waals surface area contributed by atoms with E-state index in [0.29, 0.717) is 18.3 Å². The molecular formula is C24H30N8O2S. The van der Waals surface area contributed by atoms with Gasteiger partial charge in [0.25, 0.3) is 0 Å². The summed E-state index contributed by atoms with van der Waals surface area (Å²) in [5, 5.41) is 10.6. The van der Waals surface area contributed by atoms with Gasteiger partial charge in [0.05, 0.1) is 18.9 Å². The molecule has 184 valence electrons. The van der Waals surface area contributed by atoms with Crippen LogP contribution in [0.3, 0.4) is 0 Å². The number of nitrogens with one attached hydrogen (secondary N) is 3. The molecule has 5 rings (SSSR count). The number of hydrogen-bond donors (Lipinski definition) is 3. The second kappa shape index (κ2) is 11.1. The van der Waals surface area contributed by atoms with Crippen LogP contribution in [0.1, 0.15) is 31.4 Å². The average molecular weight is 495 g/mol. The highest BCUT2D eigenvalue weighted by molar-refractivity contribution is 7.21. The van der Waals surface area contributed by atoms with Crippen molar-refractivity contribution < 1.29 is 9.53 Å². The molecule has 10 nitrogen and oxygen atoms in total. The van der Waals surface area contributed by atoms with Crippen molar-refractivity contribution >= 4 is 44.5 Å². The number of thiazole rings is 1. The lowest BCUT2D eigenvalue weighted by Gasteiger charge is -2.32. The summed E-state index contributed by atoms with van der Waals surface area (Å²) >= 11 is 1.49. The van der Waals surface area contributed by atoms with Crippen LogP contribution in [0, 0.1) is 0 Å². The molecule has 3 N–H and O–H groups in total. The number of rotatable bonds is 8. The summed E-state index contributed by atoms with van der Waals surface area (Å²) in [6.07, 6.45) is 7.11. The Morgan fingerprint density at radius 3 is 2.83 bits per heavy atom. The highest BCUT2D eigenvalue weighted by Gasteiger charge is 2.27. The van der Waals surface area contributed by atoms with Crippen molar-refractivity contribution in [3.05, 3.63) is 42.7 Å². The average Bonchev–Trinajstić information content (AvgIpc) is 3.28. The van der Waals surface area contributed by atoms with E-state index in [4.69, 9.17) is 14.7 Å². The Morgan fingerprint density at radius 1 is 1.20 bits per heavy atom. The molecule has 0 unspecified atom stereocenters. The molecule has 2 aliphatic rings. The zero-order valence-corrected chi connectivity index (χ0v) is 20.4. The van der Waals surface area contributed by atoms with E-state index >= 15 is 0 Å². The lowest BCUT2D eigenvalue weighted by Crippen LogP contribution is -2.48. The number of carbonyl (C=O) groups is 1. The molecule has 3 aromatic rings. The third kappa shape index (κ3) is 6.11. The van der Waals surface area contributed by atoms with E-state index in [1.54, 1.807) is 6.20 Å². The molecule has 0 spiro atoms. The number of carbonyl (C=O) groups excluding carboxylic acids is 1. The van der Waals surface area contributed by atoms with Crippen LogP contribution in [0.2, 0.25) is 0 Å². The summed E-state index contributed by atoms with van der Waals surface area (Å²) in [6.45, 7) is 7.49. The van der Waals surface area contributed by atoms with Crippen LogP contribution in [-0.4, -0.2) is 69.1 Å². The first-order valence-electron chi connectivity index (χ1n) is 12.0. The zero-order valence-electron chi connectivity index (χ0n) is 19.6. The number of anilines is 3. The SMILES string of the molecule is C=CC(=O)N[C@@H]1CCCC[C@@H]1Nc1nc(CN2CCOCC2)cc(Nc2nc3cccnc3s2)n1. The van der Waals surface area contributed by atoms with E-state index in [1.165, 1.54) is 17.4 Å². The zero-order chi connectivity index (χ0) is 24.0. The van der Waals surface area contributed by atoms with Gasteiger partial charge >= 0.3 is 0 Å². The number of hydrogen-bond acceptors (Lipinski definition) is 10. The van der Waals surface area contributed by atoms with Crippen LogP contribution >= 0.6 is 11.3 Å². The molecule has 4 heterocycles. The first-order valence-corrected chi connectivity index (χ1v) is 12.8. The number of ether oxygens (including phenoxy) is 1. The van der Waals surface area contributed by atoms with E-state index < -0.39 is 0 Å². The minimum Gasteiger partial charge on any atom is -0.379 e. The molecule has 1 saturated carbocycles. The monoisotopic (exact) mass is 494 g/mol. The number of morpholine rings is 1. The van der Waals surface area contributed by atoms with Crippen LogP contribution in [-0.2, 0) is 16.1 Å². The van der Waals surface area contributed by atoms with Gasteiger partial charge in [0.2, 0.25) is 11.9 Å². The minimum atomic E-state index is -0.155. The topological polar surface area (TPSA) is 117 Å². The highest BCUT2D eigenvalue weighted by atomic mass is 32.1. The first kappa shape index (κ1) is 23.6. The number of pyridine rings is 1. The van der Waals surface area contributed by atoms with E-state index in [-0.39, 0.29) is 18.0 Å². The Morgan fingerprint density at radius 2 is 2.03 bits per heavy atom. The fourth-order valence-electron chi connectivity index (χ4n) is 4.51. The van der Waals surface area contributed by atoms with E-state index in [9.17, 15) is 4.79 Å². The molecule has 1 aliphatic carbocycles. The Kier molecular flexibility index (Phi) is 7.45. The van der Waals surface area contributed by atoms with Crippen molar-refractivity contribution in [3.63, 3.8) is 0 Å². The van der Waals surface area contributed by atoms with E-state index in [2.05, 4.69) is 37.4 Å². The molecule has 2 atom stereocenters.